The summed E-state index contributed by atoms with van der Waals surface area (Å²) in [7, 11) is 3.91. The van der Waals surface area contributed by atoms with Gasteiger partial charge in [0.1, 0.15) is 5.75 Å². The van der Waals surface area contributed by atoms with E-state index in [1.165, 1.54) is 11.1 Å². The zero-order chi connectivity index (χ0) is 12.4. The van der Waals surface area contributed by atoms with E-state index in [4.69, 9.17) is 10.5 Å². The Morgan fingerprint density at radius 2 is 2.24 bits per heavy atom. The van der Waals surface area contributed by atoms with Gasteiger partial charge in [-0.1, -0.05) is 12.1 Å². The van der Waals surface area contributed by atoms with Crippen LogP contribution in [0.2, 0.25) is 0 Å². The highest BCUT2D eigenvalue weighted by Crippen LogP contribution is 2.38. The van der Waals surface area contributed by atoms with Crippen LogP contribution in [0, 0.1) is 12.8 Å². The molecule has 0 spiro atoms. The molecule has 0 aromatic heterocycles. The third-order valence-corrected chi connectivity index (χ3v) is 3.72. The molecule has 3 nitrogen and oxygen atoms in total. The zero-order valence-electron chi connectivity index (χ0n) is 10.9. The minimum atomic E-state index is 0.444. The molecule has 1 aliphatic heterocycles. The first-order valence-electron chi connectivity index (χ1n) is 6.20. The van der Waals surface area contributed by atoms with Crippen LogP contribution < -0.4 is 10.5 Å². The van der Waals surface area contributed by atoms with E-state index in [0.29, 0.717) is 12.0 Å². The highest BCUT2D eigenvalue weighted by Gasteiger charge is 2.31. The highest BCUT2D eigenvalue weighted by atomic mass is 16.5. The number of hydrogen-bond donors (Lipinski definition) is 1. The fraction of sp³-hybridized carbons (Fsp3) is 0.571. The fourth-order valence-corrected chi connectivity index (χ4v) is 2.73. The van der Waals surface area contributed by atoms with Crippen molar-refractivity contribution < 1.29 is 4.74 Å². The average Bonchev–Trinajstić information content (AvgIpc) is 2.70. The number of benzene rings is 1. The summed E-state index contributed by atoms with van der Waals surface area (Å²) in [4.78, 5) is 2.38. The van der Waals surface area contributed by atoms with Crippen LogP contribution in [0.15, 0.2) is 18.2 Å². The van der Waals surface area contributed by atoms with Crippen LogP contribution in [-0.2, 0) is 0 Å². The van der Waals surface area contributed by atoms with Gasteiger partial charge in [-0.05, 0) is 44.5 Å². The number of hydrogen-bond acceptors (Lipinski definition) is 3. The van der Waals surface area contributed by atoms with E-state index in [-0.39, 0.29) is 0 Å². The van der Waals surface area contributed by atoms with Gasteiger partial charge in [-0.25, -0.2) is 0 Å². The Labute approximate surface area is 104 Å². The second-order valence-electron chi connectivity index (χ2n) is 5.04. The molecule has 3 heteroatoms. The van der Waals surface area contributed by atoms with Crippen LogP contribution in [-0.4, -0.2) is 32.1 Å². The molecule has 2 unspecified atom stereocenters. The molecule has 1 aromatic rings. The van der Waals surface area contributed by atoms with Gasteiger partial charge in [0, 0.05) is 18.2 Å². The van der Waals surface area contributed by atoms with Crippen molar-refractivity contribution >= 4 is 0 Å². The summed E-state index contributed by atoms with van der Waals surface area (Å²) in [6, 6.07) is 6.90. The molecule has 1 saturated heterocycles. The molecule has 17 heavy (non-hydrogen) atoms. The van der Waals surface area contributed by atoms with Crippen LogP contribution >= 0.6 is 0 Å². The lowest BCUT2D eigenvalue weighted by Gasteiger charge is -2.22. The summed E-state index contributed by atoms with van der Waals surface area (Å²) in [5.74, 6) is 1.61. The standard InChI is InChI=1S/C14H22N2O/c1-10-4-5-12(14(6-10)17-3)13-7-11(8-15)9-16(13)2/h4-6,11,13H,7-9,15H2,1-3H3. The number of ether oxygens (including phenoxy) is 1. The molecule has 1 fully saturated rings. The molecule has 1 aromatic carbocycles. The maximum absolute atomic E-state index is 5.77. The monoisotopic (exact) mass is 234 g/mol. The summed E-state index contributed by atoms with van der Waals surface area (Å²) in [5, 5.41) is 0. The largest absolute Gasteiger partial charge is 0.496 e. The second-order valence-corrected chi connectivity index (χ2v) is 5.04. The van der Waals surface area contributed by atoms with E-state index >= 15 is 0 Å². The fourth-order valence-electron chi connectivity index (χ4n) is 2.73. The minimum Gasteiger partial charge on any atom is -0.496 e. The molecule has 0 bridgehead atoms. The topological polar surface area (TPSA) is 38.5 Å². The van der Waals surface area contributed by atoms with E-state index in [2.05, 4.69) is 37.1 Å². The zero-order valence-corrected chi connectivity index (χ0v) is 10.9. The smallest absolute Gasteiger partial charge is 0.123 e. The van der Waals surface area contributed by atoms with Gasteiger partial charge in [-0.15, -0.1) is 0 Å². The molecule has 2 atom stereocenters. The van der Waals surface area contributed by atoms with E-state index in [0.717, 1.165) is 25.3 Å². The number of nitrogens with two attached hydrogens (primary N) is 1. The van der Waals surface area contributed by atoms with Gasteiger partial charge in [0.25, 0.3) is 0 Å². The number of likely N-dealkylation sites (tertiary alicyclic amines) is 1. The number of methoxy groups -OCH3 is 1. The van der Waals surface area contributed by atoms with Crippen LogP contribution in [0.1, 0.15) is 23.6 Å². The minimum absolute atomic E-state index is 0.444. The van der Waals surface area contributed by atoms with E-state index in [1.807, 2.05) is 0 Å². The molecule has 0 radical (unpaired) electrons. The molecular weight excluding hydrogens is 212 g/mol. The molecular formula is C14H22N2O. The van der Waals surface area contributed by atoms with Gasteiger partial charge in [0.2, 0.25) is 0 Å². The Balaban J connectivity index is 2.28. The predicted octanol–water partition coefficient (Wildman–Crippen LogP) is 1.96. The first kappa shape index (κ1) is 12.4. The van der Waals surface area contributed by atoms with E-state index in [9.17, 15) is 0 Å². The summed E-state index contributed by atoms with van der Waals surface area (Å²) in [6.45, 7) is 3.95. The van der Waals surface area contributed by atoms with Gasteiger partial charge < -0.3 is 10.5 Å². The lowest BCUT2D eigenvalue weighted by molar-refractivity contribution is 0.303. The Morgan fingerprint density at radius 1 is 1.47 bits per heavy atom. The van der Waals surface area contributed by atoms with Crippen molar-refractivity contribution in [3.8, 4) is 5.75 Å². The van der Waals surface area contributed by atoms with Crippen molar-refractivity contribution in [2.75, 3.05) is 27.2 Å². The molecule has 1 heterocycles. The van der Waals surface area contributed by atoms with Gasteiger partial charge in [0.15, 0.2) is 0 Å². The van der Waals surface area contributed by atoms with E-state index < -0.39 is 0 Å². The third kappa shape index (κ3) is 2.45. The van der Waals surface area contributed by atoms with Crippen molar-refractivity contribution in [2.24, 2.45) is 11.7 Å². The Hall–Kier alpha value is -1.06. The second kappa shape index (κ2) is 5.07. The highest BCUT2D eigenvalue weighted by molar-refractivity contribution is 5.39. The van der Waals surface area contributed by atoms with Gasteiger partial charge in [-0.3, -0.25) is 4.90 Å². The molecule has 0 amide bonds. The lowest BCUT2D eigenvalue weighted by atomic mass is 9.98. The maximum Gasteiger partial charge on any atom is 0.123 e. The first-order valence-corrected chi connectivity index (χ1v) is 6.20. The molecule has 0 aliphatic carbocycles. The summed E-state index contributed by atoms with van der Waals surface area (Å²) in [5.41, 5.74) is 8.30. The summed E-state index contributed by atoms with van der Waals surface area (Å²) < 4.78 is 5.50. The average molecular weight is 234 g/mol. The molecule has 1 aliphatic rings. The normalized spacial score (nSPS) is 25.2. The summed E-state index contributed by atoms with van der Waals surface area (Å²) >= 11 is 0. The van der Waals surface area contributed by atoms with Crippen LogP contribution in [0.5, 0.6) is 5.75 Å². The molecule has 2 rings (SSSR count). The van der Waals surface area contributed by atoms with Crippen LogP contribution in [0.3, 0.4) is 0 Å². The van der Waals surface area contributed by atoms with Gasteiger partial charge >= 0.3 is 0 Å². The summed E-state index contributed by atoms with van der Waals surface area (Å²) in [6.07, 6.45) is 1.13. The van der Waals surface area contributed by atoms with Crippen LogP contribution in [0.25, 0.3) is 0 Å². The maximum atomic E-state index is 5.77. The van der Waals surface area contributed by atoms with Crippen molar-refractivity contribution in [3.63, 3.8) is 0 Å². The van der Waals surface area contributed by atoms with Crippen LogP contribution in [0.4, 0.5) is 0 Å². The van der Waals surface area contributed by atoms with E-state index in [1.54, 1.807) is 7.11 Å². The van der Waals surface area contributed by atoms with Crippen molar-refractivity contribution in [3.05, 3.63) is 29.3 Å². The molecule has 94 valence electrons. The van der Waals surface area contributed by atoms with Gasteiger partial charge in [0.05, 0.1) is 7.11 Å². The number of aryl methyl sites for hydroxylation is 1. The molecule has 0 saturated carbocycles. The Kier molecular flexibility index (Phi) is 3.69. The van der Waals surface area contributed by atoms with Crippen molar-refractivity contribution in [2.45, 2.75) is 19.4 Å². The third-order valence-electron chi connectivity index (χ3n) is 3.72. The Morgan fingerprint density at radius 3 is 2.82 bits per heavy atom. The first-order chi connectivity index (χ1) is 8.15. The number of rotatable bonds is 3. The molecule has 2 N–H and O–H groups in total. The Bertz CT molecular complexity index is 392. The quantitative estimate of drug-likeness (QED) is 0.869. The lowest BCUT2D eigenvalue weighted by Crippen LogP contribution is -2.20. The van der Waals surface area contributed by atoms with Crippen molar-refractivity contribution in [1.29, 1.82) is 0 Å². The SMILES string of the molecule is COc1cc(C)ccc1C1CC(CN)CN1C. The number of nitrogens with zero attached hydrogens (tertiary/aromatic N) is 1. The predicted molar refractivity (Wildman–Crippen MR) is 70.3 cm³/mol. The van der Waals surface area contributed by atoms with Gasteiger partial charge in [-0.2, -0.15) is 0 Å². The van der Waals surface area contributed by atoms with Crippen molar-refractivity contribution in [1.82, 2.24) is 4.90 Å².